The number of primary amides is 1. The van der Waals surface area contributed by atoms with Gasteiger partial charge in [-0.05, 0) is 139 Å². The van der Waals surface area contributed by atoms with E-state index in [1.807, 2.05) is 25.1 Å². The second-order valence-corrected chi connectivity index (χ2v) is 23.4. The van der Waals surface area contributed by atoms with Gasteiger partial charge in [0.25, 0.3) is 11.8 Å². The Bertz CT molecular complexity index is 2790. The number of hydrogen-bond acceptors (Lipinski definition) is 10. The molecule has 4 saturated heterocycles. The molecule has 8 rings (SSSR count). The molecular formula is C61H78F2N8O9. The molecule has 17 nitrogen and oxygen atoms in total. The summed E-state index contributed by atoms with van der Waals surface area (Å²) >= 11 is 0. The van der Waals surface area contributed by atoms with Crippen molar-refractivity contribution in [2.75, 3.05) is 27.2 Å². The van der Waals surface area contributed by atoms with Gasteiger partial charge < -0.3 is 36.0 Å². The summed E-state index contributed by atoms with van der Waals surface area (Å²) in [6.45, 7) is 3.78. The quantitative estimate of drug-likeness (QED) is 0.0785. The van der Waals surface area contributed by atoms with Gasteiger partial charge in [-0.3, -0.25) is 48.5 Å². The van der Waals surface area contributed by atoms with E-state index in [1.54, 1.807) is 24.0 Å². The summed E-state index contributed by atoms with van der Waals surface area (Å²) in [7, 11) is 3.90. The first-order valence-corrected chi connectivity index (χ1v) is 28.8. The zero-order valence-corrected chi connectivity index (χ0v) is 46.7. The molecule has 0 spiro atoms. The van der Waals surface area contributed by atoms with Gasteiger partial charge in [-0.25, -0.2) is 8.78 Å². The van der Waals surface area contributed by atoms with Gasteiger partial charge in [0.15, 0.2) is 5.78 Å². The lowest BCUT2D eigenvalue weighted by atomic mass is 9.76. The molecular weight excluding hydrogens is 1030 g/mol. The molecule has 0 aromatic heterocycles. The largest absolute Gasteiger partial charge is 0.370 e. The lowest BCUT2D eigenvalue weighted by Gasteiger charge is -2.39. The lowest BCUT2D eigenvalue weighted by molar-refractivity contribution is -0.145. The van der Waals surface area contributed by atoms with Crippen LogP contribution in [0.1, 0.15) is 168 Å². The highest BCUT2D eigenvalue weighted by Gasteiger charge is 2.47. The van der Waals surface area contributed by atoms with Crippen molar-refractivity contribution in [2.45, 2.75) is 185 Å². The number of rotatable bonds is 18. The van der Waals surface area contributed by atoms with Crippen molar-refractivity contribution in [1.82, 2.24) is 35.6 Å². The minimum atomic E-state index is -3.02. The number of carbonyl (C=O) groups is 9. The zero-order valence-electron chi connectivity index (χ0n) is 46.7. The van der Waals surface area contributed by atoms with Gasteiger partial charge in [0.05, 0.1) is 6.04 Å². The van der Waals surface area contributed by atoms with Gasteiger partial charge in [-0.15, -0.1) is 0 Å². The van der Waals surface area contributed by atoms with Crippen molar-refractivity contribution >= 4 is 58.6 Å². The van der Waals surface area contributed by atoms with Gasteiger partial charge in [0.2, 0.25) is 41.4 Å². The second kappa shape index (κ2) is 26.2. The summed E-state index contributed by atoms with van der Waals surface area (Å²) < 4.78 is 27.8. The van der Waals surface area contributed by atoms with Gasteiger partial charge in [-0.2, -0.15) is 0 Å². The Kier molecular flexibility index (Phi) is 19.4. The van der Waals surface area contributed by atoms with E-state index in [4.69, 9.17) is 5.73 Å². The Morgan fingerprint density at radius 3 is 2.31 bits per heavy atom. The minimum absolute atomic E-state index is 0.0222. The van der Waals surface area contributed by atoms with Crippen LogP contribution in [0.3, 0.4) is 0 Å². The first-order chi connectivity index (χ1) is 38.2. The Labute approximate surface area is 467 Å². The number of nitrogens with zero attached hydrogens (tertiary/aromatic N) is 4. The molecule has 5 fully saturated rings. The van der Waals surface area contributed by atoms with E-state index in [2.05, 4.69) is 32.7 Å². The van der Waals surface area contributed by atoms with Crippen LogP contribution in [-0.4, -0.2) is 136 Å². The molecule has 2 aromatic rings. The number of alkyl halides is 2. The van der Waals surface area contributed by atoms with Crippen molar-refractivity contribution in [3.05, 3.63) is 76.4 Å². The van der Waals surface area contributed by atoms with E-state index in [0.29, 0.717) is 74.2 Å². The van der Waals surface area contributed by atoms with Crippen LogP contribution in [-0.2, 0) is 50.8 Å². The number of piperidine rings is 2. The first kappa shape index (κ1) is 59.3. The topological polar surface area (TPSA) is 229 Å². The lowest BCUT2D eigenvalue weighted by Crippen LogP contribution is -2.59. The zero-order chi connectivity index (χ0) is 57.4. The number of ketones is 1. The predicted octanol–water partition coefficient (Wildman–Crippen LogP) is 5.90. The summed E-state index contributed by atoms with van der Waals surface area (Å²) in [5.41, 5.74) is 8.55. The predicted molar refractivity (Wildman–Crippen MR) is 295 cm³/mol. The molecule has 2 aromatic carbocycles. The summed E-state index contributed by atoms with van der Waals surface area (Å²) in [6.07, 6.45) is 11.1. The molecule has 5 aliphatic heterocycles. The number of Topliss-reactive ketones (excluding diaryl/α,β-unsaturated/α-hetero) is 1. The number of carbonyl (C=O) groups excluding carboxylic acids is 9. The van der Waals surface area contributed by atoms with Gasteiger partial charge >= 0.3 is 0 Å². The van der Waals surface area contributed by atoms with Crippen molar-refractivity contribution in [1.29, 1.82) is 0 Å². The smallest absolute Gasteiger partial charge is 0.270 e. The molecule has 5 heterocycles. The highest BCUT2D eigenvalue weighted by atomic mass is 19.3. The Morgan fingerprint density at radius 2 is 1.64 bits per heavy atom. The SMILES string of the molecule is C/C(=C\C(=O)N[C@H]1CC[C@@H](N(C)C)C[C@H]2CC[C@@H](C(=O)N[C@@H](CCC(N)=O)C(=O)C[C@H](C(=O)N3CCC(CCC#Cc4cccc5c4CN(C4CCC(=O)NC4=O)C5=O)CC3)C3CCCCC3)N2C1=O)c1ccc(C(C)(F)F)cc1. The number of likely N-dealkylation sites (tertiary alicyclic amines) is 1. The number of allylic oxidation sites excluding steroid dienone is 1. The van der Waals surface area contributed by atoms with E-state index in [9.17, 15) is 51.9 Å². The Balaban J connectivity index is 0.899. The summed E-state index contributed by atoms with van der Waals surface area (Å²) in [5.74, 6) is -0.503. The van der Waals surface area contributed by atoms with Gasteiger partial charge in [0, 0.05) is 93.0 Å². The molecule has 80 heavy (non-hydrogen) atoms. The maximum absolute atomic E-state index is 14.7. The van der Waals surface area contributed by atoms with Crippen LogP contribution in [0.4, 0.5) is 8.78 Å². The second-order valence-electron chi connectivity index (χ2n) is 23.4. The van der Waals surface area contributed by atoms with Crippen molar-refractivity contribution in [2.24, 2.45) is 23.5 Å². The van der Waals surface area contributed by atoms with Crippen LogP contribution in [0, 0.1) is 29.6 Å². The van der Waals surface area contributed by atoms with Crippen LogP contribution < -0.4 is 21.7 Å². The number of hydrogen-bond donors (Lipinski definition) is 4. The highest BCUT2D eigenvalue weighted by Crippen LogP contribution is 2.37. The van der Waals surface area contributed by atoms with Crippen molar-refractivity contribution in [3.63, 3.8) is 0 Å². The van der Waals surface area contributed by atoms with Gasteiger partial charge in [0.1, 0.15) is 18.1 Å². The van der Waals surface area contributed by atoms with Crippen LogP contribution in [0.25, 0.3) is 5.57 Å². The van der Waals surface area contributed by atoms with E-state index >= 15 is 0 Å². The molecule has 7 atom stereocenters. The average Bonchev–Trinajstić information content (AvgIpc) is 4.04. The molecule has 8 amide bonds. The summed E-state index contributed by atoms with van der Waals surface area (Å²) in [4.78, 5) is 129. The van der Waals surface area contributed by atoms with Crippen LogP contribution >= 0.6 is 0 Å². The number of fused-ring (bicyclic) bond motifs is 2. The summed E-state index contributed by atoms with van der Waals surface area (Å²) in [6, 6.07) is 6.90. The summed E-state index contributed by atoms with van der Waals surface area (Å²) in [5, 5.41) is 8.14. The number of nitrogens with one attached hydrogen (secondary N) is 3. The molecule has 1 unspecified atom stereocenters. The third kappa shape index (κ3) is 14.4. The van der Waals surface area contributed by atoms with E-state index in [-0.39, 0.29) is 85.7 Å². The van der Waals surface area contributed by atoms with Crippen LogP contribution in [0.15, 0.2) is 48.5 Å². The van der Waals surface area contributed by atoms with Gasteiger partial charge in [-0.1, -0.05) is 61.4 Å². The van der Waals surface area contributed by atoms with Crippen molar-refractivity contribution < 1.29 is 51.9 Å². The number of nitrogens with two attached hydrogens (primary N) is 1. The molecule has 1 aliphatic carbocycles. The van der Waals surface area contributed by atoms with E-state index < -0.39 is 65.5 Å². The first-order valence-electron chi connectivity index (χ1n) is 28.8. The van der Waals surface area contributed by atoms with Crippen molar-refractivity contribution in [3.8, 4) is 11.8 Å². The minimum Gasteiger partial charge on any atom is -0.370 e. The number of benzene rings is 2. The average molecular weight is 1110 g/mol. The van der Waals surface area contributed by atoms with E-state index in [0.717, 1.165) is 69.4 Å². The normalized spacial score (nSPS) is 24.0. The number of halogens is 2. The fraction of sp³-hybridized carbons (Fsp3) is 0.590. The maximum Gasteiger partial charge on any atom is 0.270 e. The molecule has 0 bridgehead atoms. The monoisotopic (exact) mass is 1100 g/mol. The third-order valence-corrected chi connectivity index (χ3v) is 17.7. The van der Waals surface area contributed by atoms with E-state index in [1.165, 1.54) is 35.2 Å². The molecule has 430 valence electrons. The molecule has 6 aliphatic rings. The van der Waals surface area contributed by atoms with Crippen LogP contribution in [0.5, 0.6) is 0 Å². The fourth-order valence-electron chi connectivity index (χ4n) is 13.0. The highest BCUT2D eigenvalue weighted by molar-refractivity contribution is 6.06. The Hall–Kier alpha value is -6.81. The molecule has 0 radical (unpaired) electrons. The van der Waals surface area contributed by atoms with Crippen LogP contribution in [0.2, 0.25) is 0 Å². The standard InChI is InChI=1S/C61H78F2N8O9/c1-37(39-17-19-42(20-18-39)61(2,62)63)33-55(75)65-49-23-21-43(68(3)4)34-44-22-25-51(71(44)60(49)80)57(77)66-48(24-27-53(64)73)52(72)35-46(40-12-6-5-7-13-40)58(78)69-31-29-38(30-32-69)11-8-9-14-41-15-10-16-45-47(41)36-70(59(45)79)50-26-28-54(74)67-56(50)76/h10,15-20,33,38,40,43-44,46,48-51H,5-8,11-13,21-32,34-36H2,1-4H3,(H2,64,73)(H,65,75)(H,66,77)(H,67,74,76)/b37-33+/t43-,44-,46+,48+,49+,50?,51+/m1/s1. The Morgan fingerprint density at radius 1 is 0.912 bits per heavy atom. The molecule has 1 saturated carbocycles. The number of amides is 8. The fourth-order valence-corrected chi connectivity index (χ4v) is 13.0. The maximum atomic E-state index is 14.7. The number of imide groups is 1. The molecule has 5 N–H and O–H groups in total. The third-order valence-electron chi connectivity index (χ3n) is 17.7. The molecule has 19 heteroatoms.